The second kappa shape index (κ2) is 11.3. The van der Waals surface area contributed by atoms with Crippen molar-refractivity contribution in [2.45, 2.75) is 51.1 Å². The van der Waals surface area contributed by atoms with Crippen LogP contribution in [0.2, 0.25) is 0 Å². The van der Waals surface area contributed by atoms with Crippen LogP contribution >= 0.6 is 0 Å². The Kier molecular flexibility index (Phi) is 8.25. The molecule has 0 radical (unpaired) electrons. The monoisotopic (exact) mass is 437 g/mol. The Morgan fingerprint density at radius 3 is 2.56 bits per heavy atom. The van der Waals surface area contributed by atoms with Gasteiger partial charge in [0.1, 0.15) is 6.04 Å². The van der Waals surface area contributed by atoms with E-state index in [1.807, 2.05) is 31.2 Å². The molecule has 3 rings (SSSR count). The van der Waals surface area contributed by atoms with Crippen LogP contribution in [0.4, 0.5) is 0 Å². The Morgan fingerprint density at radius 2 is 1.91 bits per heavy atom. The number of hydrogen-bond acceptors (Lipinski definition) is 4. The van der Waals surface area contributed by atoms with E-state index in [-0.39, 0.29) is 36.7 Å². The van der Waals surface area contributed by atoms with Crippen LogP contribution in [0.15, 0.2) is 59.7 Å². The second-order valence-electron chi connectivity index (χ2n) is 8.10. The third-order valence-corrected chi connectivity index (χ3v) is 5.79. The molecule has 0 aliphatic heterocycles. The predicted octanol–water partition coefficient (Wildman–Crippen LogP) is 3.52. The van der Waals surface area contributed by atoms with E-state index < -0.39 is 11.9 Å². The lowest BCUT2D eigenvalue weighted by Crippen LogP contribution is -2.49. The summed E-state index contributed by atoms with van der Waals surface area (Å²) in [4.78, 5) is 40.3. The molecular weight excluding hydrogens is 406 g/mol. The minimum absolute atomic E-state index is 0.113. The number of furan rings is 1. The molecule has 1 aliphatic rings. The second-order valence-corrected chi connectivity index (χ2v) is 8.10. The fourth-order valence-electron chi connectivity index (χ4n) is 4.11. The van der Waals surface area contributed by atoms with Crippen LogP contribution in [0.3, 0.4) is 0 Å². The van der Waals surface area contributed by atoms with Crippen molar-refractivity contribution in [1.29, 1.82) is 0 Å². The van der Waals surface area contributed by atoms with Crippen molar-refractivity contribution in [3.05, 3.63) is 72.2 Å². The van der Waals surface area contributed by atoms with Crippen LogP contribution < -0.4 is 10.6 Å². The molecule has 1 aromatic carbocycles. The van der Waals surface area contributed by atoms with Gasteiger partial charge in [-0.25, -0.2) is 0 Å². The van der Waals surface area contributed by atoms with Crippen molar-refractivity contribution in [2.75, 3.05) is 13.1 Å². The lowest BCUT2D eigenvalue weighted by Gasteiger charge is -2.33. The first-order valence-electron chi connectivity index (χ1n) is 11.1. The number of amides is 3. The zero-order valence-electron chi connectivity index (χ0n) is 18.5. The van der Waals surface area contributed by atoms with Crippen LogP contribution in [0.25, 0.3) is 0 Å². The molecule has 3 amide bonds. The molecule has 0 bridgehead atoms. The summed E-state index contributed by atoms with van der Waals surface area (Å²) in [5.41, 5.74) is 1.67. The topological polar surface area (TPSA) is 91.7 Å². The highest BCUT2D eigenvalue weighted by atomic mass is 16.3. The van der Waals surface area contributed by atoms with E-state index in [1.54, 1.807) is 12.1 Å². The quantitative estimate of drug-likeness (QED) is 0.587. The minimum Gasteiger partial charge on any atom is -0.459 e. The van der Waals surface area contributed by atoms with E-state index in [2.05, 4.69) is 17.2 Å². The predicted molar refractivity (Wildman–Crippen MR) is 122 cm³/mol. The fraction of sp³-hybridized carbons (Fsp3) is 0.400. The molecule has 1 aromatic heterocycles. The fourth-order valence-corrected chi connectivity index (χ4v) is 4.11. The van der Waals surface area contributed by atoms with E-state index in [4.69, 9.17) is 4.42 Å². The van der Waals surface area contributed by atoms with Gasteiger partial charge in [0.25, 0.3) is 5.91 Å². The molecule has 1 unspecified atom stereocenters. The van der Waals surface area contributed by atoms with E-state index >= 15 is 0 Å². The van der Waals surface area contributed by atoms with E-state index in [0.29, 0.717) is 0 Å². The van der Waals surface area contributed by atoms with Crippen LogP contribution in [0.1, 0.15) is 59.8 Å². The number of nitrogens with zero attached hydrogens (tertiary/aromatic N) is 1. The summed E-state index contributed by atoms with van der Waals surface area (Å²) < 4.78 is 5.07. The number of benzene rings is 1. The molecular formula is C25H31N3O4. The van der Waals surface area contributed by atoms with Gasteiger partial charge in [-0.2, -0.15) is 0 Å². The highest BCUT2D eigenvalue weighted by Gasteiger charge is 2.33. The third kappa shape index (κ3) is 5.87. The van der Waals surface area contributed by atoms with Crippen molar-refractivity contribution < 1.29 is 18.8 Å². The molecule has 2 aromatic rings. The maximum absolute atomic E-state index is 13.5. The van der Waals surface area contributed by atoms with Gasteiger partial charge in [0.2, 0.25) is 11.8 Å². The first kappa shape index (κ1) is 23.3. The molecule has 7 heteroatoms. The lowest BCUT2D eigenvalue weighted by molar-refractivity contribution is -0.140. The van der Waals surface area contributed by atoms with Crippen molar-refractivity contribution in [1.82, 2.24) is 15.5 Å². The highest BCUT2D eigenvalue weighted by molar-refractivity contribution is 5.95. The smallest absolute Gasteiger partial charge is 0.287 e. The van der Waals surface area contributed by atoms with Gasteiger partial charge < -0.3 is 20.0 Å². The largest absolute Gasteiger partial charge is 0.459 e. The molecule has 1 atom stereocenters. The van der Waals surface area contributed by atoms with Gasteiger partial charge in [0.15, 0.2) is 5.76 Å². The minimum atomic E-state index is -0.816. The van der Waals surface area contributed by atoms with E-state index in [9.17, 15) is 14.4 Å². The maximum Gasteiger partial charge on any atom is 0.287 e. The summed E-state index contributed by atoms with van der Waals surface area (Å²) in [7, 11) is 0. The summed E-state index contributed by atoms with van der Waals surface area (Å²) in [5, 5.41) is 5.73. The van der Waals surface area contributed by atoms with Gasteiger partial charge in [-0.1, -0.05) is 49.6 Å². The van der Waals surface area contributed by atoms with Crippen molar-refractivity contribution >= 4 is 17.7 Å². The molecule has 1 aliphatic carbocycles. The standard InChI is InChI=1S/C25H31N3O4/c1-3-15-28(22(29)17-26-24(30)21-14-9-16-32-21)23(20-13-8-7-10-18(20)2)25(31)27-19-11-5-4-6-12-19/h3,7-10,13-14,16,19,23H,1,4-6,11-12,15,17H2,2H3,(H,26,30)(H,27,31). The van der Waals surface area contributed by atoms with Gasteiger partial charge in [-0.15, -0.1) is 6.58 Å². The van der Waals surface area contributed by atoms with Crippen LogP contribution in [-0.2, 0) is 9.59 Å². The summed E-state index contributed by atoms with van der Waals surface area (Å²) in [5.74, 6) is -0.949. The summed E-state index contributed by atoms with van der Waals surface area (Å²) in [6, 6.07) is 9.97. The van der Waals surface area contributed by atoms with E-state index in [0.717, 1.165) is 36.8 Å². The summed E-state index contributed by atoms with van der Waals surface area (Å²) in [6.07, 6.45) is 8.24. The molecule has 2 N–H and O–H groups in total. The number of carbonyl (C=O) groups is 3. The Bertz CT molecular complexity index is 932. The van der Waals surface area contributed by atoms with Gasteiger partial charge in [-0.05, 0) is 43.0 Å². The molecule has 170 valence electrons. The van der Waals surface area contributed by atoms with E-state index in [1.165, 1.54) is 23.7 Å². The Hall–Kier alpha value is -3.35. The average molecular weight is 438 g/mol. The number of rotatable bonds is 9. The molecule has 7 nitrogen and oxygen atoms in total. The highest BCUT2D eigenvalue weighted by Crippen LogP contribution is 2.26. The zero-order chi connectivity index (χ0) is 22.9. The molecule has 32 heavy (non-hydrogen) atoms. The van der Waals surface area contributed by atoms with Crippen LogP contribution in [-0.4, -0.2) is 41.8 Å². The molecule has 0 saturated heterocycles. The maximum atomic E-state index is 13.5. The lowest BCUT2D eigenvalue weighted by atomic mass is 9.94. The Morgan fingerprint density at radius 1 is 1.16 bits per heavy atom. The first-order chi connectivity index (χ1) is 15.5. The SMILES string of the molecule is C=CCN(C(=O)CNC(=O)c1ccco1)C(C(=O)NC1CCCCC1)c1ccccc1C. The Balaban J connectivity index is 1.82. The molecule has 1 heterocycles. The average Bonchev–Trinajstić information content (AvgIpc) is 3.34. The van der Waals surface area contributed by atoms with Crippen molar-refractivity contribution in [3.8, 4) is 0 Å². The van der Waals surface area contributed by atoms with Gasteiger partial charge in [-0.3, -0.25) is 14.4 Å². The number of nitrogens with one attached hydrogen (secondary N) is 2. The molecule has 1 saturated carbocycles. The number of carbonyl (C=O) groups excluding carboxylic acids is 3. The third-order valence-electron chi connectivity index (χ3n) is 5.79. The van der Waals surface area contributed by atoms with Crippen molar-refractivity contribution in [3.63, 3.8) is 0 Å². The summed E-state index contributed by atoms with van der Waals surface area (Å²) in [6.45, 7) is 5.60. The van der Waals surface area contributed by atoms with Crippen LogP contribution in [0.5, 0.6) is 0 Å². The van der Waals surface area contributed by atoms with Gasteiger partial charge in [0, 0.05) is 12.6 Å². The molecule has 0 spiro atoms. The number of hydrogen-bond donors (Lipinski definition) is 2. The van der Waals surface area contributed by atoms with Crippen LogP contribution in [0, 0.1) is 6.92 Å². The summed E-state index contributed by atoms with van der Waals surface area (Å²) >= 11 is 0. The van der Waals surface area contributed by atoms with Gasteiger partial charge in [0.05, 0.1) is 12.8 Å². The normalized spacial score (nSPS) is 14.9. The van der Waals surface area contributed by atoms with Gasteiger partial charge >= 0.3 is 0 Å². The Labute approximate surface area is 188 Å². The number of aryl methyl sites for hydroxylation is 1. The first-order valence-corrected chi connectivity index (χ1v) is 11.1. The zero-order valence-corrected chi connectivity index (χ0v) is 18.5. The molecule has 1 fully saturated rings. The van der Waals surface area contributed by atoms with Crippen molar-refractivity contribution in [2.24, 2.45) is 0 Å².